The molecule has 2 aromatic carbocycles. The van der Waals surface area contributed by atoms with Crippen molar-refractivity contribution < 1.29 is 33.2 Å². The zero-order chi connectivity index (χ0) is 32.6. The lowest BCUT2D eigenvalue weighted by Crippen LogP contribution is -2.52. The van der Waals surface area contributed by atoms with Gasteiger partial charge in [-0.1, -0.05) is 65.8 Å². The quantitative estimate of drug-likeness (QED) is 0.214. The van der Waals surface area contributed by atoms with Crippen LogP contribution in [0.3, 0.4) is 0 Å². The van der Waals surface area contributed by atoms with Crippen LogP contribution in [-0.4, -0.2) is 63.6 Å². The topological polar surface area (TPSA) is 189 Å². The molecule has 0 saturated carbocycles. The van der Waals surface area contributed by atoms with Crippen molar-refractivity contribution in [3.8, 4) is 11.3 Å². The van der Waals surface area contributed by atoms with Crippen molar-refractivity contribution in [1.29, 1.82) is 0 Å². The molecule has 4 atom stereocenters. The first-order valence-electron chi connectivity index (χ1n) is 15.1. The molecular weight excluding hydrogens is 592 g/mol. The van der Waals surface area contributed by atoms with E-state index in [-0.39, 0.29) is 36.5 Å². The number of aliphatic hydroxyl groups excluding tert-OH is 1. The lowest BCUT2D eigenvalue weighted by atomic mass is 10.0. The Labute approximate surface area is 265 Å². The van der Waals surface area contributed by atoms with E-state index in [0.717, 1.165) is 11.8 Å². The average molecular weight is 629 g/mol. The van der Waals surface area contributed by atoms with E-state index in [2.05, 4.69) is 31.4 Å². The van der Waals surface area contributed by atoms with Crippen molar-refractivity contribution in [3.63, 3.8) is 0 Å². The summed E-state index contributed by atoms with van der Waals surface area (Å²) in [6.45, 7) is 3.24. The highest BCUT2D eigenvalue weighted by Crippen LogP contribution is 2.25. The third kappa shape index (κ3) is 7.67. The number of aliphatic hydroxyl groups is 1. The van der Waals surface area contributed by atoms with Crippen LogP contribution in [0.15, 0.2) is 75.9 Å². The summed E-state index contributed by atoms with van der Waals surface area (Å²) in [7, 11) is 0. The minimum atomic E-state index is -1.22. The highest BCUT2D eigenvalue weighted by atomic mass is 16.5. The monoisotopic (exact) mass is 628 g/mol. The van der Waals surface area contributed by atoms with E-state index in [1.54, 1.807) is 6.92 Å². The minimum absolute atomic E-state index is 0.0545. The highest BCUT2D eigenvalue weighted by molar-refractivity contribution is 6.03. The molecular formula is C33H36N6O7. The molecule has 46 heavy (non-hydrogen) atoms. The van der Waals surface area contributed by atoms with Gasteiger partial charge in [0, 0.05) is 18.5 Å². The van der Waals surface area contributed by atoms with Gasteiger partial charge in [-0.2, -0.15) is 0 Å². The van der Waals surface area contributed by atoms with Crippen LogP contribution in [0, 0.1) is 6.92 Å². The molecule has 13 heteroatoms. The molecule has 1 aliphatic rings. The van der Waals surface area contributed by atoms with Gasteiger partial charge in [-0.3, -0.25) is 19.2 Å². The molecule has 13 nitrogen and oxygen atoms in total. The van der Waals surface area contributed by atoms with Crippen molar-refractivity contribution in [1.82, 2.24) is 31.4 Å². The lowest BCUT2D eigenvalue weighted by molar-refractivity contribution is -0.125. The van der Waals surface area contributed by atoms with E-state index in [1.807, 2.05) is 60.7 Å². The van der Waals surface area contributed by atoms with Crippen LogP contribution in [0.5, 0.6) is 0 Å². The van der Waals surface area contributed by atoms with Gasteiger partial charge in [0.25, 0.3) is 11.8 Å². The maximum Gasteiger partial charge on any atom is 0.273 e. The van der Waals surface area contributed by atoms with E-state index in [4.69, 9.17) is 8.94 Å². The Morgan fingerprint density at radius 3 is 2.46 bits per heavy atom. The molecule has 2 bridgehead atoms. The molecule has 240 valence electrons. The number of rotatable bonds is 6. The number of fused-ring (bicyclic) bond motifs is 2. The predicted molar refractivity (Wildman–Crippen MR) is 165 cm³/mol. The SMILES string of the molecule is Cc1onc(-c2ccccc2)c1C(=O)N[C@H]1CCCCNC(=O)[C@H]([C@@H](C)O)NC(=O)c2coc(n2)[C@H](Cc2ccccc2)NC1=O. The fourth-order valence-corrected chi connectivity index (χ4v) is 5.22. The van der Waals surface area contributed by atoms with Crippen LogP contribution < -0.4 is 21.3 Å². The molecule has 0 radical (unpaired) electrons. The number of hydrogen-bond donors (Lipinski definition) is 5. The summed E-state index contributed by atoms with van der Waals surface area (Å²) >= 11 is 0. The fraction of sp³-hybridized carbons (Fsp3) is 0.333. The van der Waals surface area contributed by atoms with Gasteiger partial charge in [-0.05, 0) is 38.7 Å². The van der Waals surface area contributed by atoms with Crippen LogP contribution in [-0.2, 0) is 16.0 Å². The molecule has 3 heterocycles. The molecule has 4 amide bonds. The van der Waals surface area contributed by atoms with Gasteiger partial charge in [-0.25, -0.2) is 4.98 Å². The molecule has 1 aliphatic heterocycles. The number of oxazole rings is 1. The smallest absolute Gasteiger partial charge is 0.273 e. The largest absolute Gasteiger partial charge is 0.446 e. The van der Waals surface area contributed by atoms with Crippen LogP contribution in [0.1, 0.15) is 70.3 Å². The van der Waals surface area contributed by atoms with Crippen molar-refractivity contribution in [2.75, 3.05) is 6.54 Å². The average Bonchev–Trinajstić information content (AvgIpc) is 3.70. The summed E-state index contributed by atoms with van der Waals surface area (Å²) in [5.41, 5.74) is 1.99. The standard InChI is InChI=1S/C33H36N6O7/c1-19(40)27-32(44)34-16-10-9-15-23(35-31(43)26-20(2)46-39-28(26)22-13-7-4-8-14-22)29(41)36-24(17-21-11-5-3-6-12-21)33-37-25(18-45-33)30(42)38-27/h3-8,11-14,18-19,23-24,27,40H,9-10,15-17H2,1-2H3,(H,34,44)(H,35,43)(H,36,41)(H,38,42)/t19-,23+,24+,27+/m1/s1. The second kappa shape index (κ2) is 14.7. The van der Waals surface area contributed by atoms with Gasteiger partial charge >= 0.3 is 0 Å². The summed E-state index contributed by atoms with van der Waals surface area (Å²) < 4.78 is 11.0. The maximum absolute atomic E-state index is 13.9. The van der Waals surface area contributed by atoms with Gasteiger partial charge in [0.2, 0.25) is 17.7 Å². The second-order valence-electron chi connectivity index (χ2n) is 11.2. The first-order chi connectivity index (χ1) is 22.2. The molecule has 4 aromatic rings. The number of aryl methyl sites for hydroxylation is 1. The third-order valence-corrected chi connectivity index (χ3v) is 7.68. The van der Waals surface area contributed by atoms with Gasteiger partial charge in [-0.15, -0.1) is 0 Å². The zero-order valence-electron chi connectivity index (χ0n) is 25.5. The Balaban J connectivity index is 1.45. The second-order valence-corrected chi connectivity index (χ2v) is 11.2. The van der Waals surface area contributed by atoms with Crippen molar-refractivity contribution in [3.05, 3.63) is 95.4 Å². The van der Waals surface area contributed by atoms with E-state index in [1.165, 1.54) is 6.92 Å². The fourth-order valence-electron chi connectivity index (χ4n) is 5.22. The van der Waals surface area contributed by atoms with Gasteiger partial charge in [0.1, 0.15) is 41.4 Å². The molecule has 0 fully saturated rings. The number of nitrogens with zero attached hydrogens (tertiary/aromatic N) is 2. The molecule has 5 rings (SSSR count). The number of carbonyl (C=O) groups excluding carboxylic acids is 4. The number of aromatic nitrogens is 2. The number of hydrogen-bond acceptors (Lipinski definition) is 9. The van der Waals surface area contributed by atoms with Gasteiger partial charge < -0.3 is 35.3 Å². The van der Waals surface area contributed by atoms with E-state index in [9.17, 15) is 24.3 Å². The van der Waals surface area contributed by atoms with Crippen LogP contribution in [0.4, 0.5) is 0 Å². The lowest BCUT2D eigenvalue weighted by Gasteiger charge is -2.23. The molecule has 0 aliphatic carbocycles. The molecule has 0 spiro atoms. The van der Waals surface area contributed by atoms with Crippen molar-refractivity contribution >= 4 is 23.6 Å². The van der Waals surface area contributed by atoms with E-state index < -0.39 is 47.9 Å². The Hall–Kier alpha value is -5.30. The predicted octanol–water partition coefficient (Wildman–Crippen LogP) is 2.62. The Morgan fingerprint density at radius 1 is 1.02 bits per heavy atom. The summed E-state index contributed by atoms with van der Waals surface area (Å²) in [6.07, 6.45) is 1.37. The number of nitrogens with one attached hydrogen (secondary N) is 4. The van der Waals surface area contributed by atoms with Gasteiger partial charge in [0.05, 0.1) is 6.10 Å². The number of amides is 4. The Morgan fingerprint density at radius 2 is 1.74 bits per heavy atom. The minimum Gasteiger partial charge on any atom is -0.446 e. The molecule has 2 aromatic heterocycles. The summed E-state index contributed by atoms with van der Waals surface area (Å²) in [4.78, 5) is 57.7. The Kier molecular flexibility index (Phi) is 10.2. The van der Waals surface area contributed by atoms with E-state index in [0.29, 0.717) is 29.9 Å². The number of carbonyl (C=O) groups is 4. The van der Waals surface area contributed by atoms with Crippen LogP contribution >= 0.6 is 0 Å². The maximum atomic E-state index is 13.9. The Bertz CT molecular complexity index is 1670. The first-order valence-corrected chi connectivity index (χ1v) is 15.1. The van der Waals surface area contributed by atoms with Crippen molar-refractivity contribution in [2.24, 2.45) is 0 Å². The first kappa shape index (κ1) is 32.1. The van der Waals surface area contributed by atoms with Gasteiger partial charge in [0.15, 0.2) is 5.69 Å². The van der Waals surface area contributed by atoms with Crippen LogP contribution in [0.25, 0.3) is 11.3 Å². The molecule has 5 N–H and O–H groups in total. The molecule has 0 saturated heterocycles. The third-order valence-electron chi connectivity index (χ3n) is 7.68. The summed E-state index contributed by atoms with van der Waals surface area (Å²) in [5, 5.41) is 25.3. The highest BCUT2D eigenvalue weighted by Gasteiger charge is 2.31. The summed E-state index contributed by atoms with van der Waals surface area (Å²) in [5.74, 6) is -1.96. The van der Waals surface area contributed by atoms with Crippen LogP contribution in [0.2, 0.25) is 0 Å². The normalized spacial score (nSPS) is 20.2. The number of benzene rings is 2. The summed E-state index contributed by atoms with van der Waals surface area (Å²) in [6, 6.07) is 15.4. The van der Waals surface area contributed by atoms with Crippen molar-refractivity contribution in [2.45, 2.75) is 63.8 Å². The zero-order valence-corrected chi connectivity index (χ0v) is 25.5. The van der Waals surface area contributed by atoms with E-state index >= 15 is 0 Å². The molecule has 0 unspecified atom stereocenters.